The molecule has 1 fully saturated rings. The summed E-state index contributed by atoms with van der Waals surface area (Å²) in [5.41, 5.74) is 0.683. The number of aromatic nitrogens is 2. The zero-order valence-corrected chi connectivity index (χ0v) is 18.2. The summed E-state index contributed by atoms with van der Waals surface area (Å²) in [6.07, 6.45) is 3.78. The van der Waals surface area contributed by atoms with Gasteiger partial charge in [-0.25, -0.2) is 4.39 Å². The van der Waals surface area contributed by atoms with Crippen molar-refractivity contribution in [2.75, 3.05) is 44.7 Å². The van der Waals surface area contributed by atoms with E-state index in [9.17, 15) is 4.39 Å². The van der Waals surface area contributed by atoms with E-state index in [1.807, 2.05) is 36.1 Å². The van der Waals surface area contributed by atoms with Crippen LogP contribution in [0.15, 0.2) is 47.7 Å². The van der Waals surface area contributed by atoms with E-state index in [0.29, 0.717) is 11.6 Å². The Kier molecular flexibility index (Phi) is 8.33. The number of aliphatic imine (C=N–C) groups is 1. The lowest BCUT2D eigenvalue weighted by Crippen LogP contribution is -2.53. The minimum absolute atomic E-state index is 0. The first kappa shape index (κ1) is 21.5. The summed E-state index contributed by atoms with van der Waals surface area (Å²) >= 11 is 0. The van der Waals surface area contributed by atoms with Crippen LogP contribution in [0.25, 0.3) is 0 Å². The molecule has 27 heavy (non-hydrogen) atoms. The van der Waals surface area contributed by atoms with E-state index in [0.717, 1.165) is 45.2 Å². The number of piperazine rings is 1. The van der Waals surface area contributed by atoms with E-state index in [1.54, 1.807) is 12.3 Å². The van der Waals surface area contributed by atoms with E-state index in [1.165, 1.54) is 6.07 Å². The Morgan fingerprint density at radius 2 is 1.96 bits per heavy atom. The zero-order valence-electron chi connectivity index (χ0n) is 15.9. The van der Waals surface area contributed by atoms with E-state index in [4.69, 9.17) is 0 Å². The average molecular weight is 486 g/mol. The lowest BCUT2D eigenvalue weighted by atomic mass is 10.2. The third-order valence-electron chi connectivity index (χ3n) is 4.65. The van der Waals surface area contributed by atoms with E-state index >= 15 is 0 Å². The molecule has 1 unspecified atom stereocenters. The second kappa shape index (κ2) is 10.5. The molecule has 0 saturated carbocycles. The molecule has 0 amide bonds. The van der Waals surface area contributed by atoms with Crippen LogP contribution >= 0.6 is 24.0 Å². The minimum atomic E-state index is -0.157. The van der Waals surface area contributed by atoms with Gasteiger partial charge in [0.25, 0.3) is 0 Å². The zero-order chi connectivity index (χ0) is 18.4. The van der Waals surface area contributed by atoms with Gasteiger partial charge in [0, 0.05) is 58.7 Å². The first-order chi connectivity index (χ1) is 12.7. The van der Waals surface area contributed by atoms with Crippen LogP contribution in [0.5, 0.6) is 0 Å². The van der Waals surface area contributed by atoms with Crippen LogP contribution in [0.3, 0.4) is 0 Å². The second-order valence-corrected chi connectivity index (χ2v) is 6.69. The van der Waals surface area contributed by atoms with Crippen LogP contribution in [0.1, 0.15) is 6.92 Å². The number of hydrogen-bond donors (Lipinski definition) is 1. The molecule has 1 aliphatic rings. The van der Waals surface area contributed by atoms with Crippen molar-refractivity contribution in [3.05, 3.63) is 48.5 Å². The fraction of sp³-hybridized carbons (Fsp3) is 0.474. The lowest BCUT2D eigenvalue weighted by molar-refractivity contribution is 0.362. The summed E-state index contributed by atoms with van der Waals surface area (Å²) in [5, 5.41) is 7.71. The second-order valence-electron chi connectivity index (χ2n) is 6.69. The monoisotopic (exact) mass is 486 g/mol. The largest absolute Gasteiger partial charge is 0.366 e. The van der Waals surface area contributed by atoms with Crippen LogP contribution in [-0.2, 0) is 6.54 Å². The van der Waals surface area contributed by atoms with Crippen LogP contribution in [0.2, 0.25) is 0 Å². The summed E-state index contributed by atoms with van der Waals surface area (Å²) in [7, 11) is 1.81. The van der Waals surface area contributed by atoms with Crippen molar-refractivity contribution in [2.45, 2.75) is 13.5 Å². The molecule has 1 saturated heterocycles. The van der Waals surface area contributed by atoms with Crippen molar-refractivity contribution < 1.29 is 4.39 Å². The number of hydrogen-bond acceptors (Lipinski definition) is 3. The minimum Gasteiger partial charge on any atom is -0.366 e. The number of guanidine groups is 1. The van der Waals surface area contributed by atoms with Crippen LogP contribution in [-0.4, -0.2) is 60.4 Å². The van der Waals surface area contributed by atoms with Crippen molar-refractivity contribution in [3.63, 3.8) is 0 Å². The Hall–Kier alpha value is -1.84. The lowest BCUT2D eigenvalue weighted by Gasteiger charge is -2.38. The molecular formula is C19H28FIN6. The third-order valence-corrected chi connectivity index (χ3v) is 4.65. The van der Waals surface area contributed by atoms with Crippen LogP contribution in [0, 0.1) is 11.7 Å². The molecule has 0 spiro atoms. The van der Waals surface area contributed by atoms with Gasteiger partial charge in [-0.2, -0.15) is 5.10 Å². The molecule has 0 bridgehead atoms. The number of benzene rings is 1. The molecule has 0 radical (unpaired) electrons. The van der Waals surface area contributed by atoms with Gasteiger partial charge in [-0.15, -0.1) is 24.0 Å². The Bertz CT molecular complexity index is 713. The highest BCUT2D eigenvalue weighted by molar-refractivity contribution is 14.0. The van der Waals surface area contributed by atoms with E-state index < -0.39 is 0 Å². The van der Waals surface area contributed by atoms with Gasteiger partial charge in [0.15, 0.2) is 5.96 Å². The molecule has 1 aromatic heterocycles. The van der Waals surface area contributed by atoms with Gasteiger partial charge in [-0.1, -0.05) is 19.1 Å². The summed E-state index contributed by atoms with van der Waals surface area (Å²) in [4.78, 5) is 8.74. The molecule has 2 heterocycles. The van der Waals surface area contributed by atoms with Gasteiger partial charge in [0.05, 0.1) is 5.69 Å². The molecule has 6 nitrogen and oxygen atoms in total. The number of nitrogens with one attached hydrogen (secondary N) is 1. The van der Waals surface area contributed by atoms with Gasteiger partial charge in [-0.05, 0) is 24.1 Å². The van der Waals surface area contributed by atoms with Gasteiger partial charge >= 0.3 is 0 Å². The van der Waals surface area contributed by atoms with Gasteiger partial charge in [0.1, 0.15) is 5.82 Å². The molecular weight excluding hydrogens is 458 g/mol. The van der Waals surface area contributed by atoms with Crippen molar-refractivity contribution >= 4 is 35.6 Å². The summed E-state index contributed by atoms with van der Waals surface area (Å²) in [5.74, 6) is 1.19. The summed E-state index contributed by atoms with van der Waals surface area (Å²) in [6.45, 7) is 7.11. The SMILES string of the molecule is CN=C(NCC(C)Cn1cccn1)N1CCN(c2ccccc2F)CC1.I. The average Bonchev–Trinajstić information content (AvgIpc) is 3.16. The van der Waals surface area contributed by atoms with E-state index in [-0.39, 0.29) is 29.8 Å². The highest BCUT2D eigenvalue weighted by Gasteiger charge is 2.21. The smallest absolute Gasteiger partial charge is 0.193 e. The fourth-order valence-electron chi connectivity index (χ4n) is 3.26. The first-order valence-electron chi connectivity index (χ1n) is 9.10. The molecule has 2 aromatic rings. The Labute approximate surface area is 177 Å². The Balaban J connectivity index is 0.00000261. The number of halogens is 2. The standard InChI is InChI=1S/C19H27FN6.HI/c1-16(15-26-9-5-8-23-26)14-22-19(21-2)25-12-10-24(11-13-25)18-7-4-3-6-17(18)20;/h3-9,16H,10-15H2,1-2H3,(H,21,22);1H. The van der Waals surface area contributed by atoms with Gasteiger partial charge < -0.3 is 15.1 Å². The quantitative estimate of drug-likeness (QED) is 0.401. The maximum atomic E-state index is 14.0. The van der Waals surface area contributed by atoms with E-state index in [2.05, 4.69) is 32.1 Å². The number of nitrogens with zero attached hydrogens (tertiary/aromatic N) is 5. The third kappa shape index (κ3) is 5.82. The number of para-hydroxylation sites is 1. The maximum absolute atomic E-state index is 14.0. The predicted octanol–water partition coefficient (Wildman–Crippen LogP) is 2.67. The topological polar surface area (TPSA) is 48.7 Å². The van der Waals surface area contributed by atoms with Crippen molar-refractivity contribution in [1.82, 2.24) is 20.0 Å². The summed E-state index contributed by atoms with van der Waals surface area (Å²) < 4.78 is 15.9. The number of anilines is 1. The highest BCUT2D eigenvalue weighted by atomic mass is 127. The Morgan fingerprint density at radius 3 is 2.59 bits per heavy atom. The van der Waals surface area contributed by atoms with Crippen molar-refractivity contribution in [3.8, 4) is 0 Å². The molecule has 3 rings (SSSR count). The van der Waals surface area contributed by atoms with Gasteiger partial charge in [-0.3, -0.25) is 9.67 Å². The van der Waals surface area contributed by atoms with Gasteiger partial charge in [0.2, 0.25) is 0 Å². The normalized spacial score (nSPS) is 16.0. The molecule has 1 aliphatic heterocycles. The summed E-state index contributed by atoms with van der Waals surface area (Å²) in [6, 6.07) is 8.91. The fourth-order valence-corrected chi connectivity index (χ4v) is 3.26. The predicted molar refractivity (Wildman–Crippen MR) is 118 cm³/mol. The van der Waals surface area contributed by atoms with Crippen molar-refractivity contribution in [1.29, 1.82) is 0 Å². The highest BCUT2D eigenvalue weighted by Crippen LogP contribution is 2.20. The maximum Gasteiger partial charge on any atom is 0.193 e. The van der Waals surface area contributed by atoms with Crippen molar-refractivity contribution in [2.24, 2.45) is 10.9 Å². The number of rotatable bonds is 5. The van der Waals surface area contributed by atoms with Crippen LogP contribution in [0.4, 0.5) is 10.1 Å². The molecule has 1 N–H and O–H groups in total. The first-order valence-corrected chi connectivity index (χ1v) is 9.10. The molecule has 0 aliphatic carbocycles. The molecule has 148 valence electrons. The molecule has 8 heteroatoms. The molecule has 1 aromatic carbocycles. The van der Waals surface area contributed by atoms with Crippen LogP contribution < -0.4 is 10.2 Å². The molecule has 1 atom stereocenters. The Morgan fingerprint density at radius 1 is 1.22 bits per heavy atom.